The standard InChI is InChI=1S/C22H40O2Si/c1-7-10-19-17(13-15-20(19)23)14-16-21(18-11-8-9-12-18)24-25(5,6)22(2,3)4/h7,13,18-21,23H,1,8-12,14-16H2,2-6H3. The van der Waals surface area contributed by atoms with Crippen LogP contribution >= 0.6 is 0 Å². The lowest BCUT2D eigenvalue weighted by Crippen LogP contribution is -2.45. The third kappa shape index (κ3) is 5.30. The van der Waals surface area contributed by atoms with Crippen molar-refractivity contribution >= 4 is 8.32 Å². The lowest BCUT2D eigenvalue weighted by Gasteiger charge is -2.41. The third-order valence-electron chi connectivity index (χ3n) is 6.88. The molecule has 0 spiro atoms. The Bertz CT molecular complexity index is 469. The second-order valence-corrected chi connectivity index (χ2v) is 14.5. The predicted octanol–water partition coefficient (Wildman–Crippen LogP) is 6.23. The van der Waals surface area contributed by atoms with E-state index < -0.39 is 8.32 Å². The molecule has 2 aliphatic carbocycles. The molecule has 0 radical (unpaired) electrons. The largest absolute Gasteiger partial charge is 0.414 e. The van der Waals surface area contributed by atoms with Crippen LogP contribution in [0.3, 0.4) is 0 Å². The van der Waals surface area contributed by atoms with Gasteiger partial charge in [-0.2, -0.15) is 0 Å². The molecule has 3 heteroatoms. The van der Waals surface area contributed by atoms with Crippen molar-refractivity contribution in [3.63, 3.8) is 0 Å². The van der Waals surface area contributed by atoms with Crippen LogP contribution in [0, 0.1) is 11.8 Å². The quantitative estimate of drug-likeness (QED) is 0.408. The molecule has 1 N–H and O–H groups in total. The Hall–Kier alpha value is -0.383. The van der Waals surface area contributed by atoms with Gasteiger partial charge in [-0.3, -0.25) is 0 Å². The average molecular weight is 365 g/mol. The molecule has 2 aliphatic rings. The molecule has 3 unspecified atom stereocenters. The maximum absolute atomic E-state index is 10.2. The third-order valence-corrected chi connectivity index (χ3v) is 11.4. The van der Waals surface area contributed by atoms with E-state index in [2.05, 4.69) is 46.5 Å². The fourth-order valence-corrected chi connectivity index (χ4v) is 5.62. The zero-order chi connectivity index (χ0) is 18.7. The summed E-state index contributed by atoms with van der Waals surface area (Å²) in [5, 5.41) is 10.5. The minimum absolute atomic E-state index is 0.209. The van der Waals surface area contributed by atoms with Crippen LogP contribution in [-0.2, 0) is 4.43 Å². The van der Waals surface area contributed by atoms with Gasteiger partial charge in [-0.15, -0.1) is 6.58 Å². The van der Waals surface area contributed by atoms with Gasteiger partial charge in [-0.25, -0.2) is 0 Å². The SMILES string of the molecule is C=CCC1C(CCC(O[Si](C)(C)C(C)(C)C)C2CCCC2)=CCC1O. The van der Waals surface area contributed by atoms with Gasteiger partial charge >= 0.3 is 0 Å². The summed E-state index contributed by atoms with van der Waals surface area (Å²) in [6, 6.07) is 0. The predicted molar refractivity (Wildman–Crippen MR) is 110 cm³/mol. The molecule has 0 aliphatic heterocycles. The average Bonchev–Trinajstić information content (AvgIpc) is 3.15. The van der Waals surface area contributed by atoms with Gasteiger partial charge in [-0.05, 0) is 62.6 Å². The summed E-state index contributed by atoms with van der Waals surface area (Å²) in [5.74, 6) is 1.02. The van der Waals surface area contributed by atoms with Crippen LogP contribution in [0.4, 0.5) is 0 Å². The van der Waals surface area contributed by atoms with Crippen LogP contribution in [-0.4, -0.2) is 25.6 Å². The molecule has 144 valence electrons. The summed E-state index contributed by atoms with van der Waals surface area (Å²) in [5.41, 5.74) is 1.44. The molecule has 0 heterocycles. The number of aliphatic hydroxyl groups is 1. The maximum Gasteiger partial charge on any atom is 0.192 e. The minimum Gasteiger partial charge on any atom is -0.414 e. The normalized spacial score (nSPS) is 26.7. The number of rotatable bonds is 8. The van der Waals surface area contributed by atoms with Crippen LogP contribution < -0.4 is 0 Å². The molecule has 2 rings (SSSR count). The van der Waals surface area contributed by atoms with E-state index in [0.717, 1.165) is 31.6 Å². The number of hydrogen-bond donors (Lipinski definition) is 1. The van der Waals surface area contributed by atoms with Crippen LogP contribution in [0.25, 0.3) is 0 Å². The van der Waals surface area contributed by atoms with E-state index in [1.807, 2.05) is 6.08 Å². The first-order valence-electron chi connectivity index (χ1n) is 10.3. The summed E-state index contributed by atoms with van der Waals surface area (Å²) in [6.07, 6.45) is 13.7. The first-order valence-corrected chi connectivity index (χ1v) is 13.2. The van der Waals surface area contributed by atoms with Crippen LogP contribution in [0.15, 0.2) is 24.3 Å². The van der Waals surface area contributed by atoms with Crippen molar-refractivity contribution in [2.75, 3.05) is 0 Å². The van der Waals surface area contributed by atoms with Gasteiger partial charge < -0.3 is 9.53 Å². The molecule has 0 aromatic carbocycles. The summed E-state index contributed by atoms with van der Waals surface area (Å²) < 4.78 is 6.90. The highest BCUT2D eigenvalue weighted by atomic mass is 28.4. The number of aliphatic hydroxyl groups excluding tert-OH is 1. The highest BCUT2D eigenvalue weighted by Crippen LogP contribution is 2.42. The Morgan fingerprint density at radius 3 is 2.52 bits per heavy atom. The fourth-order valence-electron chi connectivity index (χ4n) is 4.19. The summed E-state index contributed by atoms with van der Waals surface area (Å²) >= 11 is 0. The van der Waals surface area contributed by atoms with Gasteiger partial charge in [0, 0.05) is 12.0 Å². The van der Waals surface area contributed by atoms with E-state index in [1.54, 1.807) is 0 Å². The molecule has 1 fully saturated rings. The highest BCUT2D eigenvalue weighted by molar-refractivity contribution is 6.74. The lowest BCUT2D eigenvalue weighted by atomic mass is 9.89. The Morgan fingerprint density at radius 2 is 1.96 bits per heavy atom. The van der Waals surface area contributed by atoms with Crippen LogP contribution in [0.5, 0.6) is 0 Å². The van der Waals surface area contributed by atoms with Crippen molar-refractivity contribution in [3.8, 4) is 0 Å². The minimum atomic E-state index is -1.74. The van der Waals surface area contributed by atoms with Crippen molar-refractivity contribution in [2.24, 2.45) is 11.8 Å². The van der Waals surface area contributed by atoms with E-state index >= 15 is 0 Å². The molecule has 2 nitrogen and oxygen atoms in total. The Morgan fingerprint density at radius 1 is 1.32 bits per heavy atom. The Labute approximate surface area is 156 Å². The van der Waals surface area contributed by atoms with Gasteiger partial charge in [0.1, 0.15) is 0 Å². The maximum atomic E-state index is 10.2. The Balaban J connectivity index is 2.03. The smallest absolute Gasteiger partial charge is 0.192 e. The molecule has 0 amide bonds. The summed E-state index contributed by atoms with van der Waals surface area (Å²) in [4.78, 5) is 0. The van der Waals surface area contributed by atoms with E-state index in [4.69, 9.17) is 4.43 Å². The molecule has 0 aromatic heterocycles. The molecular formula is C22H40O2Si. The van der Waals surface area contributed by atoms with E-state index in [0.29, 0.717) is 6.10 Å². The van der Waals surface area contributed by atoms with E-state index in [9.17, 15) is 5.11 Å². The van der Waals surface area contributed by atoms with Crippen molar-refractivity contribution in [2.45, 2.75) is 102 Å². The van der Waals surface area contributed by atoms with Gasteiger partial charge in [-0.1, -0.05) is 51.3 Å². The first-order chi connectivity index (χ1) is 11.7. The van der Waals surface area contributed by atoms with Crippen molar-refractivity contribution in [1.82, 2.24) is 0 Å². The lowest BCUT2D eigenvalue weighted by molar-refractivity contribution is 0.107. The molecular weight excluding hydrogens is 324 g/mol. The fraction of sp³-hybridized carbons (Fsp3) is 0.818. The second-order valence-electron chi connectivity index (χ2n) is 9.71. The van der Waals surface area contributed by atoms with Crippen LogP contribution in [0.2, 0.25) is 18.1 Å². The molecule has 3 atom stereocenters. The highest BCUT2D eigenvalue weighted by Gasteiger charge is 2.41. The van der Waals surface area contributed by atoms with Crippen molar-refractivity contribution in [1.29, 1.82) is 0 Å². The number of hydrogen-bond acceptors (Lipinski definition) is 2. The summed E-state index contributed by atoms with van der Waals surface area (Å²) in [7, 11) is -1.74. The molecule has 25 heavy (non-hydrogen) atoms. The van der Waals surface area contributed by atoms with E-state index in [1.165, 1.54) is 31.3 Å². The molecule has 0 saturated heterocycles. The Kier molecular flexibility index (Phi) is 7.15. The second kappa shape index (κ2) is 8.54. The van der Waals surface area contributed by atoms with Gasteiger partial charge in [0.15, 0.2) is 8.32 Å². The summed E-state index contributed by atoms with van der Waals surface area (Å²) in [6.45, 7) is 15.6. The van der Waals surface area contributed by atoms with Gasteiger partial charge in [0.2, 0.25) is 0 Å². The van der Waals surface area contributed by atoms with Crippen LogP contribution in [0.1, 0.15) is 72.1 Å². The van der Waals surface area contributed by atoms with E-state index in [-0.39, 0.29) is 17.1 Å². The monoisotopic (exact) mass is 364 g/mol. The van der Waals surface area contributed by atoms with Gasteiger partial charge in [0.25, 0.3) is 0 Å². The van der Waals surface area contributed by atoms with Gasteiger partial charge in [0.05, 0.1) is 6.10 Å². The zero-order valence-corrected chi connectivity index (χ0v) is 18.2. The topological polar surface area (TPSA) is 29.5 Å². The van der Waals surface area contributed by atoms with Crippen molar-refractivity contribution < 1.29 is 9.53 Å². The zero-order valence-electron chi connectivity index (χ0n) is 17.2. The van der Waals surface area contributed by atoms with Crippen molar-refractivity contribution in [3.05, 3.63) is 24.3 Å². The molecule has 0 aromatic rings. The number of allylic oxidation sites excluding steroid dienone is 1. The molecule has 1 saturated carbocycles. The first kappa shape index (κ1) is 20.9. The molecule has 0 bridgehead atoms.